The summed E-state index contributed by atoms with van der Waals surface area (Å²) < 4.78 is 1.88. The van der Waals surface area contributed by atoms with Crippen LogP contribution in [0, 0.1) is 0 Å². The van der Waals surface area contributed by atoms with Gasteiger partial charge in [-0.05, 0) is 6.92 Å². The molecule has 1 aromatic rings. The van der Waals surface area contributed by atoms with Crippen LogP contribution in [-0.4, -0.2) is 9.78 Å². The Balaban J connectivity index is 2.49. The van der Waals surface area contributed by atoms with Crippen molar-refractivity contribution in [3.8, 4) is 0 Å². The molecule has 60 valence electrons. The van der Waals surface area contributed by atoms with Crippen LogP contribution in [0.5, 0.6) is 0 Å². The van der Waals surface area contributed by atoms with E-state index in [9.17, 15) is 0 Å². The van der Waals surface area contributed by atoms with Gasteiger partial charge in [0.1, 0.15) is 5.82 Å². The van der Waals surface area contributed by atoms with E-state index in [-0.39, 0.29) is 0 Å². The van der Waals surface area contributed by atoms with Crippen LogP contribution >= 0.6 is 11.8 Å². The highest BCUT2D eigenvalue weighted by molar-refractivity contribution is 7.98. The summed E-state index contributed by atoms with van der Waals surface area (Å²) in [6.45, 7) is 2.94. The smallest absolute Gasteiger partial charge is 0.126 e. The van der Waals surface area contributed by atoms with E-state index in [1.807, 2.05) is 16.4 Å². The van der Waals surface area contributed by atoms with Crippen molar-refractivity contribution in [2.45, 2.75) is 25.0 Å². The van der Waals surface area contributed by atoms with Gasteiger partial charge in [0, 0.05) is 23.6 Å². The second kappa shape index (κ2) is 2.44. The summed E-state index contributed by atoms with van der Waals surface area (Å²) in [7, 11) is 0. The fraction of sp³-hybridized carbons (Fsp3) is 0.571. The Morgan fingerprint density at radius 3 is 3.09 bits per heavy atom. The third-order valence-corrected chi connectivity index (χ3v) is 2.93. The quantitative estimate of drug-likeness (QED) is 0.687. The van der Waals surface area contributed by atoms with Crippen molar-refractivity contribution in [1.82, 2.24) is 9.78 Å². The molecule has 0 saturated heterocycles. The van der Waals surface area contributed by atoms with Gasteiger partial charge in [0.2, 0.25) is 0 Å². The van der Waals surface area contributed by atoms with Gasteiger partial charge in [0.05, 0.1) is 5.69 Å². The second-order valence-corrected chi connectivity index (χ2v) is 3.60. The summed E-state index contributed by atoms with van der Waals surface area (Å²) in [5, 5.41) is 4.38. The fourth-order valence-corrected chi connectivity index (χ4v) is 2.37. The molecule has 0 atom stereocenters. The van der Waals surface area contributed by atoms with E-state index in [0.29, 0.717) is 0 Å². The Kier molecular flexibility index (Phi) is 1.56. The first-order valence-electron chi connectivity index (χ1n) is 3.74. The monoisotopic (exact) mass is 169 g/mol. The molecule has 0 spiro atoms. The van der Waals surface area contributed by atoms with E-state index in [1.165, 1.54) is 11.3 Å². The van der Waals surface area contributed by atoms with Crippen molar-refractivity contribution in [3.05, 3.63) is 11.3 Å². The van der Waals surface area contributed by atoms with E-state index in [2.05, 4.69) is 12.0 Å². The number of fused-ring (bicyclic) bond motifs is 1. The Morgan fingerprint density at radius 2 is 2.45 bits per heavy atom. The highest BCUT2D eigenvalue weighted by atomic mass is 32.2. The van der Waals surface area contributed by atoms with Crippen LogP contribution in [0.25, 0.3) is 0 Å². The number of aryl methyl sites for hydroxylation is 1. The minimum absolute atomic E-state index is 0.868. The van der Waals surface area contributed by atoms with Crippen LogP contribution in [0.1, 0.15) is 18.2 Å². The molecule has 4 heteroatoms. The molecule has 1 aliphatic heterocycles. The summed E-state index contributed by atoms with van der Waals surface area (Å²) in [4.78, 5) is 0. The van der Waals surface area contributed by atoms with Crippen LogP contribution < -0.4 is 5.73 Å². The van der Waals surface area contributed by atoms with Gasteiger partial charge < -0.3 is 5.73 Å². The molecule has 11 heavy (non-hydrogen) atoms. The summed E-state index contributed by atoms with van der Waals surface area (Å²) in [6.07, 6.45) is 0. The summed E-state index contributed by atoms with van der Waals surface area (Å²) in [5.41, 5.74) is 8.30. The SMILES string of the molecule is CCn1nc2c(c1N)CSC2. The van der Waals surface area contributed by atoms with Crippen LogP contribution in [0.4, 0.5) is 5.82 Å². The zero-order valence-corrected chi connectivity index (χ0v) is 7.32. The van der Waals surface area contributed by atoms with Crippen molar-refractivity contribution >= 4 is 17.6 Å². The molecule has 0 aliphatic carbocycles. The first-order chi connectivity index (χ1) is 5.33. The van der Waals surface area contributed by atoms with Crippen LogP contribution in [0.3, 0.4) is 0 Å². The molecule has 0 radical (unpaired) electrons. The molecule has 0 aromatic carbocycles. The van der Waals surface area contributed by atoms with Gasteiger partial charge in [-0.2, -0.15) is 16.9 Å². The predicted molar refractivity (Wildman–Crippen MR) is 47.3 cm³/mol. The van der Waals surface area contributed by atoms with Gasteiger partial charge in [-0.25, -0.2) is 4.68 Å². The maximum atomic E-state index is 5.85. The molecule has 3 nitrogen and oxygen atoms in total. The van der Waals surface area contributed by atoms with Crippen molar-refractivity contribution in [1.29, 1.82) is 0 Å². The van der Waals surface area contributed by atoms with E-state index >= 15 is 0 Å². The van der Waals surface area contributed by atoms with Crippen molar-refractivity contribution in [2.24, 2.45) is 0 Å². The van der Waals surface area contributed by atoms with E-state index < -0.39 is 0 Å². The third kappa shape index (κ3) is 0.929. The lowest BCUT2D eigenvalue weighted by Gasteiger charge is -1.99. The van der Waals surface area contributed by atoms with E-state index in [4.69, 9.17) is 5.73 Å². The Morgan fingerprint density at radius 1 is 1.64 bits per heavy atom. The Bertz CT molecular complexity index is 279. The van der Waals surface area contributed by atoms with Crippen LogP contribution in [-0.2, 0) is 18.1 Å². The largest absolute Gasteiger partial charge is 0.384 e. The third-order valence-electron chi connectivity index (χ3n) is 1.96. The Labute approximate surface area is 70.0 Å². The average Bonchev–Trinajstić information content (AvgIpc) is 2.53. The summed E-state index contributed by atoms with van der Waals surface area (Å²) >= 11 is 1.89. The molecule has 0 unspecified atom stereocenters. The maximum absolute atomic E-state index is 5.85. The first-order valence-corrected chi connectivity index (χ1v) is 4.90. The second-order valence-electron chi connectivity index (χ2n) is 2.62. The van der Waals surface area contributed by atoms with Crippen LogP contribution in [0.2, 0.25) is 0 Å². The lowest BCUT2D eigenvalue weighted by molar-refractivity contribution is 0.661. The van der Waals surface area contributed by atoms with E-state index in [1.54, 1.807) is 0 Å². The molecule has 0 fully saturated rings. The number of hydrogen-bond donors (Lipinski definition) is 1. The molecule has 2 heterocycles. The predicted octanol–water partition coefficient (Wildman–Crippen LogP) is 1.23. The highest BCUT2D eigenvalue weighted by Crippen LogP contribution is 2.32. The molecule has 0 amide bonds. The van der Waals surface area contributed by atoms with Gasteiger partial charge in [0.25, 0.3) is 0 Å². The van der Waals surface area contributed by atoms with Gasteiger partial charge in [-0.15, -0.1) is 0 Å². The summed E-state index contributed by atoms with van der Waals surface area (Å²) in [6, 6.07) is 0. The van der Waals surface area contributed by atoms with Crippen molar-refractivity contribution in [2.75, 3.05) is 5.73 Å². The van der Waals surface area contributed by atoms with E-state index in [0.717, 1.165) is 23.9 Å². The number of hydrogen-bond acceptors (Lipinski definition) is 3. The van der Waals surface area contributed by atoms with Crippen molar-refractivity contribution in [3.63, 3.8) is 0 Å². The Hall–Kier alpha value is -0.640. The molecule has 0 saturated carbocycles. The number of nitrogen functional groups attached to an aromatic ring is 1. The van der Waals surface area contributed by atoms with Gasteiger partial charge in [0.15, 0.2) is 0 Å². The normalized spacial score (nSPS) is 15.4. The number of nitrogens with zero attached hydrogens (tertiary/aromatic N) is 2. The topological polar surface area (TPSA) is 43.8 Å². The van der Waals surface area contributed by atoms with Gasteiger partial charge in [-0.3, -0.25) is 0 Å². The lowest BCUT2D eigenvalue weighted by atomic mass is 10.3. The molecule has 1 aromatic heterocycles. The lowest BCUT2D eigenvalue weighted by Crippen LogP contribution is -2.03. The maximum Gasteiger partial charge on any atom is 0.126 e. The molecule has 0 bridgehead atoms. The van der Waals surface area contributed by atoms with Crippen molar-refractivity contribution < 1.29 is 0 Å². The number of rotatable bonds is 1. The number of nitrogens with two attached hydrogens (primary N) is 1. The average molecular weight is 169 g/mol. The molecule has 2 rings (SSSR count). The number of aromatic nitrogens is 2. The minimum Gasteiger partial charge on any atom is -0.384 e. The standard InChI is InChI=1S/C7H11N3S/c1-2-10-7(8)5-3-11-4-6(5)9-10/h2-4,8H2,1H3. The molecule has 2 N–H and O–H groups in total. The minimum atomic E-state index is 0.868. The zero-order chi connectivity index (χ0) is 7.84. The van der Waals surface area contributed by atoms with Crippen LogP contribution in [0.15, 0.2) is 0 Å². The van der Waals surface area contributed by atoms with Gasteiger partial charge in [-0.1, -0.05) is 0 Å². The number of anilines is 1. The number of thioether (sulfide) groups is 1. The molecular formula is C7H11N3S. The fourth-order valence-electron chi connectivity index (χ4n) is 1.33. The highest BCUT2D eigenvalue weighted by Gasteiger charge is 2.19. The molecule has 1 aliphatic rings. The molecular weight excluding hydrogens is 158 g/mol. The van der Waals surface area contributed by atoms with Gasteiger partial charge >= 0.3 is 0 Å². The zero-order valence-electron chi connectivity index (χ0n) is 6.50. The first kappa shape index (κ1) is 7.03. The summed E-state index contributed by atoms with van der Waals surface area (Å²) in [5.74, 6) is 2.95.